The summed E-state index contributed by atoms with van der Waals surface area (Å²) in [5.74, 6) is 0.627. The van der Waals surface area contributed by atoms with Crippen LogP contribution in [-0.4, -0.2) is 16.9 Å². The van der Waals surface area contributed by atoms with Gasteiger partial charge in [0.15, 0.2) is 5.58 Å². The molecule has 3 rings (SSSR count). The molecule has 0 aliphatic carbocycles. The number of benzene rings is 2. The highest BCUT2D eigenvalue weighted by Crippen LogP contribution is 2.27. The summed E-state index contributed by atoms with van der Waals surface area (Å²) >= 11 is 1.50. The van der Waals surface area contributed by atoms with E-state index in [2.05, 4.69) is 24.1 Å². The summed E-state index contributed by atoms with van der Waals surface area (Å²) in [7, 11) is 0. The van der Waals surface area contributed by atoms with Crippen LogP contribution in [0.25, 0.3) is 11.1 Å². The molecule has 0 atom stereocenters. The standard InChI is InChI=1S/C20H22N2O2S/c1-3-15(4-2)21-19(23)16-10-6-5-9-14(16)13-25-20-22-17-11-7-8-12-18(17)24-20/h5-12,15H,3-4,13H2,1-2H3,(H,21,23). The maximum absolute atomic E-state index is 12.6. The lowest BCUT2D eigenvalue weighted by molar-refractivity contribution is 0.0934. The zero-order valence-electron chi connectivity index (χ0n) is 14.5. The fourth-order valence-electron chi connectivity index (χ4n) is 2.68. The van der Waals surface area contributed by atoms with Gasteiger partial charge in [-0.15, -0.1) is 0 Å². The largest absolute Gasteiger partial charge is 0.431 e. The van der Waals surface area contributed by atoms with Crippen molar-refractivity contribution in [2.24, 2.45) is 0 Å². The van der Waals surface area contributed by atoms with Crippen molar-refractivity contribution in [1.82, 2.24) is 10.3 Å². The molecule has 0 bridgehead atoms. The first kappa shape index (κ1) is 17.5. The Morgan fingerprint density at radius 3 is 2.60 bits per heavy atom. The van der Waals surface area contributed by atoms with E-state index in [0.717, 1.165) is 35.1 Å². The molecule has 1 heterocycles. The van der Waals surface area contributed by atoms with Gasteiger partial charge in [0.2, 0.25) is 0 Å². The van der Waals surface area contributed by atoms with Gasteiger partial charge in [-0.05, 0) is 36.6 Å². The Bertz CT molecular complexity index is 823. The number of nitrogens with one attached hydrogen (secondary N) is 1. The third kappa shape index (κ3) is 4.23. The number of hydrogen-bond acceptors (Lipinski definition) is 4. The number of rotatable bonds is 7. The van der Waals surface area contributed by atoms with Crippen LogP contribution in [0.4, 0.5) is 0 Å². The van der Waals surface area contributed by atoms with Crippen LogP contribution in [0.1, 0.15) is 42.6 Å². The van der Waals surface area contributed by atoms with Gasteiger partial charge >= 0.3 is 0 Å². The van der Waals surface area contributed by atoms with Gasteiger partial charge in [0.05, 0.1) is 0 Å². The Kier molecular flexibility index (Phi) is 5.76. The Hall–Kier alpha value is -2.27. The average Bonchev–Trinajstić information content (AvgIpc) is 3.07. The van der Waals surface area contributed by atoms with E-state index in [-0.39, 0.29) is 11.9 Å². The highest BCUT2D eigenvalue weighted by molar-refractivity contribution is 7.98. The van der Waals surface area contributed by atoms with Gasteiger partial charge in [-0.3, -0.25) is 4.79 Å². The monoisotopic (exact) mass is 354 g/mol. The van der Waals surface area contributed by atoms with Crippen LogP contribution < -0.4 is 5.32 Å². The summed E-state index contributed by atoms with van der Waals surface area (Å²) in [5, 5.41) is 3.73. The quantitative estimate of drug-likeness (QED) is 0.604. The van der Waals surface area contributed by atoms with E-state index < -0.39 is 0 Å². The number of carbonyl (C=O) groups is 1. The maximum Gasteiger partial charge on any atom is 0.257 e. The molecule has 4 nitrogen and oxygen atoms in total. The minimum absolute atomic E-state index is 0.0116. The lowest BCUT2D eigenvalue weighted by Crippen LogP contribution is -2.34. The number of aromatic nitrogens is 1. The maximum atomic E-state index is 12.6. The molecule has 2 aromatic carbocycles. The Balaban J connectivity index is 1.73. The number of para-hydroxylation sites is 2. The fraction of sp³-hybridized carbons (Fsp3) is 0.300. The molecule has 0 saturated carbocycles. The van der Waals surface area contributed by atoms with Crippen LogP contribution in [0.5, 0.6) is 0 Å². The van der Waals surface area contributed by atoms with E-state index in [1.807, 2.05) is 48.5 Å². The summed E-state index contributed by atoms with van der Waals surface area (Å²) < 4.78 is 5.74. The van der Waals surface area contributed by atoms with E-state index in [9.17, 15) is 4.79 Å². The molecule has 130 valence electrons. The van der Waals surface area contributed by atoms with Crippen molar-refractivity contribution in [3.63, 3.8) is 0 Å². The van der Waals surface area contributed by atoms with E-state index in [1.165, 1.54) is 11.8 Å². The molecule has 5 heteroatoms. The highest BCUT2D eigenvalue weighted by atomic mass is 32.2. The zero-order chi connectivity index (χ0) is 17.6. The molecule has 0 fully saturated rings. The Morgan fingerprint density at radius 2 is 1.84 bits per heavy atom. The number of nitrogens with zero attached hydrogens (tertiary/aromatic N) is 1. The van der Waals surface area contributed by atoms with E-state index >= 15 is 0 Å². The average molecular weight is 354 g/mol. The van der Waals surface area contributed by atoms with E-state index in [4.69, 9.17) is 4.42 Å². The van der Waals surface area contributed by atoms with Gasteiger partial charge < -0.3 is 9.73 Å². The second-order valence-corrected chi connectivity index (χ2v) is 6.81. The molecule has 0 saturated heterocycles. The molecule has 3 aromatic rings. The predicted molar refractivity (Wildman–Crippen MR) is 102 cm³/mol. The van der Waals surface area contributed by atoms with Crippen LogP contribution in [-0.2, 0) is 5.75 Å². The first-order valence-electron chi connectivity index (χ1n) is 8.58. The lowest BCUT2D eigenvalue weighted by atomic mass is 10.1. The minimum atomic E-state index is -0.0116. The van der Waals surface area contributed by atoms with Crippen molar-refractivity contribution in [2.45, 2.75) is 43.7 Å². The van der Waals surface area contributed by atoms with Crippen molar-refractivity contribution in [3.05, 3.63) is 59.7 Å². The summed E-state index contributed by atoms with van der Waals surface area (Å²) in [4.78, 5) is 17.1. The lowest BCUT2D eigenvalue weighted by Gasteiger charge is -2.16. The van der Waals surface area contributed by atoms with Crippen LogP contribution in [0.2, 0.25) is 0 Å². The third-order valence-electron chi connectivity index (χ3n) is 4.21. The van der Waals surface area contributed by atoms with Crippen LogP contribution >= 0.6 is 11.8 Å². The van der Waals surface area contributed by atoms with Gasteiger partial charge in [-0.1, -0.05) is 55.9 Å². The molecular weight excluding hydrogens is 332 g/mol. The zero-order valence-corrected chi connectivity index (χ0v) is 15.3. The summed E-state index contributed by atoms with van der Waals surface area (Å²) in [6.45, 7) is 4.17. The van der Waals surface area contributed by atoms with Crippen molar-refractivity contribution < 1.29 is 9.21 Å². The highest BCUT2D eigenvalue weighted by Gasteiger charge is 2.15. The fourth-order valence-corrected chi connectivity index (χ4v) is 3.52. The van der Waals surface area contributed by atoms with Crippen LogP contribution in [0, 0.1) is 0 Å². The molecule has 0 aliphatic rings. The van der Waals surface area contributed by atoms with E-state index in [0.29, 0.717) is 11.0 Å². The first-order chi connectivity index (χ1) is 12.2. The smallest absolute Gasteiger partial charge is 0.257 e. The van der Waals surface area contributed by atoms with E-state index in [1.54, 1.807) is 0 Å². The molecule has 1 aromatic heterocycles. The number of thioether (sulfide) groups is 1. The Labute approximate surface area is 152 Å². The number of carbonyl (C=O) groups excluding carboxylic acids is 1. The van der Waals surface area contributed by atoms with Crippen molar-refractivity contribution in [1.29, 1.82) is 0 Å². The van der Waals surface area contributed by atoms with Gasteiger partial charge in [0, 0.05) is 17.4 Å². The third-order valence-corrected chi connectivity index (χ3v) is 5.09. The predicted octanol–water partition coefficient (Wildman–Crippen LogP) is 5.04. The molecule has 0 radical (unpaired) electrons. The summed E-state index contributed by atoms with van der Waals surface area (Å²) in [5.41, 5.74) is 3.34. The topological polar surface area (TPSA) is 55.1 Å². The number of fused-ring (bicyclic) bond motifs is 1. The summed E-state index contributed by atoms with van der Waals surface area (Å²) in [6, 6.07) is 15.6. The molecule has 25 heavy (non-hydrogen) atoms. The van der Waals surface area contributed by atoms with Crippen molar-refractivity contribution in [2.75, 3.05) is 0 Å². The van der Waals surface area contributed by atoms with Crippen molar-refractivity contribution >= 4 is 28.8 Å². The number of oxazole rings is 1. The van der Waals surface area contributed by atoms with Crippen LogP contribution in [0.3, 0.4) is 0 Å². The molecule has 0 unspecified atom stereocenters. The van der Waals surface area contributed by atoms with Crippen molar-refractivity contribution in [3.8, 4) is 0 Å². The first-order valence-corrected chi connectivity index (χ1v) is 9.57. The number of hydrogen-bond donors (Lipinski definition) is 1. The van der Waals surface area contributed by atoms with Gasteiger partial charge in [-0.2, -0.15) is 0 Å². The van der Waals surface area contributed by atoms with Gasteiger partial charge in [0.25, 0.3) is 11.1 Å². The SMILES string of the molecule is CCC(CC)NC(=O)c1ccccc1CSc1nc2ccccc2o1. The van der Waals surface area contributed by atoms with Gasteiger partial charge in [-0.25, -0.2) is 4.98 Å². The molecule has 1 N–H and O–H groups in total. The summed E-state index contributed by atoms with van der Waals surface area (Å²) in [6.07, 6.45) is 1.87. The van der Waals surface area contributed by atoms with Gasteiger partial charge in [0.1, 0.15) is 5.52 Å². The normalized spacial score (nSPS) is 11.2. The molecular formula is C20H22N2O2S. The second-order valence-electron chi connectivity index (χ2n) is 5.88. The molecule has 0 aliphatic heterocycles. The van der Waals surface area contributed by atoms with Crippen LogP contribution in [0.15, 0.2) is 58.2 Å². The second kappa shape index (κ2) is 8.21. The molecule has 0 spiro atoms. The number of amides is 1. The minimum Gasteiger partial charge on any atom is -0.431 e. The molecule has 1 amide bonds. The Morgan fingerprint density at radius 1 is 1.12 bits per heavy atom.